The molecule has 4 heterocycles. The first-order valence-corrected chi connectivity index (χ1v) is 32.7. The molecule has 0 saturated carbocycles. The molecule has 0 bridgehead atoms. The number of aromatic nitrogens is 4. The second-order valence-electron chi connectivity index (χ2n) is 26.4. The third-order valence-electron chi connectivity index (χ3n) is 20.7. The van der Waals surface area contributed by atoms with Crippen molar-refractivity contribution in [2.24, 2.45) is 0 Å². The maximum absolute atomic E-state index is 2.58. The Morgan fingerprint density at radius 3 is 0.828 bits per heavy atom. The van der Waals surface area contributed by atoms with Gasteiger partial charge in [-0.25, -0.2) is 0 Å². The summed E-state index contributed by atoms with van der Waals surface area (Å²) in [6.07, 6.45) is 0. The van der Waals surface area contributed by atoms with E-state index in [-0.39, 0.29) is 6.71 Å². The first kappa shape index (κ1) is 53.4. The molecule has 5 heteroatoms. The molecule has 0 saturated heterocycles. The van der Waals surface area contributed by atoms with Crippen LogP contribution in [0.2, 0.25) is 0 Å². The van der Waals surface area contributed by atoms with Crippen molar-refractivity contribution in [1.29, 1.82) is 0 Å². The van der Waals surface area contributed by atoms with Crippen molar-refractivity contribution in [2.45, 2.75) is 41.5 Å². The Kier molecular flexibility index (Phi) is 11.5. The summed E-state index contributed by atoms with van der Waals surface area (Å²) in [5.74, 6) is 0. The molecule has 0 N–H and O–H groups in total. The lowest BCUT2D eigenvalue weighted by molar-refractivity contribution is 1.14. The van der Waals surface area contributed by atoms with Crippen LogP contribution in [0.3, 0.4) is 0 Å². The number of para-hydroxylation sites is 4. The molecule has 0 unspecified atom stereocenters. The number of benzene rings is 15. The number of fused-ring (bicyclic) bond motifs is 18. The van der Waals surface area contributed by atoms with E-state index < -0.39 is 0 Å². The lowest BCUT2D eigenvalue weighted by Crippen LogP contribution is -2.56. The summed E-state index contributed by atoms with van der Waals surface area (Å²) in [4.78, 5) is 0. The lowest BCUT2D eigenvalue weighted by Gasteiger charge is -2.26. The van der Waals surface area contributed by atoms with Crippen molar-refractivity contribution < 1.29 is 0 Å². The smallest absolute Gasteiger partial charge is 0.242 e. The zero-order valence-corrected chi connectivity index (χ0v) is 52.8. The van der Waals surface area contributed by atoms with Gasteiger partial charge in [-0.1, -0.05) is 232 Å². The third kappa shape index (κ3) is 7.93. The summed E-state index contributed by atoms with van der Waals surface area (Å²) in [6.45, 7) is 13.7. The van der Waals surface area contributed by atoms with E-state index in [9.17, 15) is 0 Å². The van der Waals surface area contributed by atoms with Crippen LogP contribution in [0.25, 0.3) is 153 Å². The van der Waals surface area contributed by atoms with Gasteiger partial charge >= 0.3 is 0 Å². The van der Waals surface area contributed by atoms with Crippen LogP contribution in [-0.2, 0) is 0 Å². The quantitative estimate of drug-likeness (QED) is 0.112. The molecule has 19 aromatic rings. The largest absolute Gasteiger partial charge is 0.309 e. The summed E-state index contributed by atoms with van der Waals surface area (Å²) in [5, 5.41) is 19.7. The van der Waals surface area contributed by atoms with E-state index >= 15 is 0 Å². The summed E-state index contributed by atoms with van der Waals surface area (Å²) in [7, 11) is 0. The van der Waals surface area contributed by atoms with Crippen molar-refractivity contribution in [3.63, 3.8) is 0 Å². The predicted octanol–water partition coefficient (Wildman–Crippen LogP) is 21.1. The molecule has 0 aliphatic carbocycles. The van der Waals surface area contributed by atoms with Crippen LogP contribution in [0.4, 0.5) is 0 Å². The Balaban J connectivity index is 0.912. The van der Waals surface area contributed by atoms with Crippen LogP contribution < -0.4 is 16.4 Å². The molecule has 0 fully saturated rings. The molecule has 0 atom stereocenters. The molecule has 19 rings (SSSR count). The van der Waals surface area contributed by atoms with Crippen molar-refractivity contribution in [2.75, 3.05) is 0 Å². The molecule has 0 radical (unpaired) electrons. The summed E-state index contributed by atoms with van der Waals surface area (Å²) >= 11 is 0. The van der Waals surface area contributed by atoms with Crippen LogP contribution in [0.5, 0.6) is 0 Å². The Morgan fingerprint density at radius 2 is 0.484 bits per heavy atom. The van der Waals surface area contributed by atoms with Gasteiger partial charge in [0, 0.05) is 65.8 Å². The number of hydrogen-bond acceptors (Lipinski definition) is 0. The predicted molar refractivity (Wildman–Crippen MR) is 400 cm³/mol. The van der Waals surface area contributed by atoms with Gasteiger partial charge in [0.05, 0.1) is 44.1 Å². The van der Waals surface area contributed by atoms with Crippen LogP contribution >= 0.6 is 0 Å². The summed E-state index contributed by atoms with van der Waals surface area (Å²) in [5.41, 5.74) is 25.6. The van der Waals surface area contributed by atoms with Gasteiger partial charge in [-0.15, -0.1) is 0 Å². The molecule has 4 nitrogen and oxygen atoms in total. The Morgan fingerprint density at radius 1 is 0.204 bits per heavy atom. The lowest BCUT2D eigenvalue weighted by atomic mass is 9.34. The molecule has 93 heavy (non-hydrogen) atoms. The maximum atomic E-state index is 2.58. The van der Waals surface area contributed by atoms with E-state index in [4.69, 9.17) is 0 Å². The third-order valence-corrected chi connectivity index (χ3v) is 20.7. The van der Waals surface area contributed by atoms with E-state index in [1.54, 1.807) is 0 Å². The van der Waals surface area contributed by atoms with Crippen LogP contribution in [-0.4, -0.2) is 25.0 Å². The molecule has 0 aliphatic heterocycles. The second kappa shape index (κ2) is 20.1. The van der Waals surface area contributed by atoms with Crippen LogP contribution in [0.15, 0.2) is 273 Å². The van der Waals surface area contributed by atoms with Gasteiger partial charge < -0.3 is 18.3 Å². The highest BCUT2D eigenvalue weighted by molar-refractivity contribution is 6.96. The molecule has 0 amide bonds. The molecular weight excluding hydrogens is 1120 g/mol. The SMILES string of the molecule is Cc1cc(C)c(B(c2cc(-n3c4ccccc4c4cc5c(cc43)c3ccccc3n5-c3ccc4ccc5ccccc5c4c3)cc(-n3c4ccccc4c4cc5c(cc43)c3ccccc3n5-c3ccc4ccc5ccccc5c4c3)c2)c2c(C)cc(C)cc2C)c(C)c1. The average Bonchev–Trinajstić information content (AvgIpc) is 1.58. The number of rotatable bonds is 7. The first-order valence-electron chi connectivity index (χ1n) is 32.7. The van der Waals surface area contributed by atoms with Gasteiger partial charge in [-0.05, 0) is 176 Å². The normalized spacial score (nSPS) is 12.2. The van der Waals surface area contributed by atoms with Gasteiger partial charge in [-0.3, -0.25) is 0 Å². The molecule has 15 aromatic carbocycles. The zero-order chi connectivity index (χ0) is 62.1. The van der Waals surface area contributed by atoms with E-state index in [0.717, 1.165) is 33.8 Å². The van der Waals surface area contributed by atoms with Gasteiger partial charge in [0.2, 0.25) is 6.71 Å². The van der Waals surface area contributed by atoms with Crippen LogP contribution in [0.1, 0.15) is 33.4 Å². The van der Waals surface area contributed by atoms with Crippen molar-refractivity contribution in [3.05, 3.63) is 306 Å². The Labute approximate surface area is 539 Å². The van der Waals surface area contributed by atoms with E-state index in [0.29, 0.717) is 0 Å². The number of nitrogens with zero attached hydrogens (tertiary/aromatic N) is 4. The maximum Gasteiger partial charge on any atom is 0.242 e. The van der Waals surface area contributed by atoms with Gasteiger partial charge in [-0.2, -0.15) is 0 Å². The van der Waals surface area contributed by atoms with Crippen LogP contribution in [0, 0.1) is 41.5 Å². The van der Waals surface area contributed by atoms with E-state index in [1.807, 2.05) is 0 Å². The van der Waals surface area contributed by atoms with Gasteiger partial charge in [0.15, 0.2) is 0 Å². The highest BCUT2D eigenvalue weighted by atomic mass is 15.0. The van der Waals surface area contributed by atoms with Crippen molar-refractivity contribution in [1.82, 2.24) is 18.3 Å². The molecule has 0 spiro atoms. The van der Waals surface area contributed by atoms with Gasteiger partial charge in [0.1, 0.15) is 0 Å². The van der Waals surface area contributed by atoms with E-state index in [1.165, 1.54) is 169 Å². The Hall–Kier alpha value is -11.4. The highest BCUT2D eigenvalue weighted by Crippen LogP contribution is 2.44. The minimum absolute atomic E-state index is 0.0985. The Bertz CT molecular complexity index is 6030. The fourth-order valence-corrected chi connectivity index (χ4v) is 17.0. The molecule has 4 aromatic heterocycles. The standard InChI is InChI=1S/C88H63BN4/c1-52-39-54(3)87(55(4)40-52)89(88-56(5)41-53(2)42-57(88)6)62-43-65(92-81-29-17-13-25-71(81)77-48-83-75(50-85(77)92)69-23-11-15-27-79(69)90(83)63-37-35-60-33-31-58-19-7-9-21-67(58)73(60)46-63)45-66(44-62)93-82-30-18-14-26-72(82)78-49-84-76(51-86(78)93)70-24-12-16-28-80(70)91(84)64-38-36-61-34-32-59-20-8-10-22-68(59)74(61)47-64/h7-51H,1-6H3. The van der Waals surface area contributed by atoms with Gasteiger partial charge in [0.25, 0.3) is 0 Å². The minimum Gasteiger partial charge on any atom is -0.309 e. The first-order chi connectivity index (χ1) is 45.6. The topological polar surface area (TPSA) is 19.7 Å². The van der Waals surface area contributed by atoms with E-state index in [2.05, 4.69) is 333 Å². The van der Waals surface area contributed by atoms with Crippen molar-refractivity contribution in [3.8, 4) is 22.7 Å². The fourth-order valence-electron chi connectivity index (χ4n) is 17.0. The molecule has 438 valence electrons. The second-order valence-corrected chi connectivity index (χ2v) is 26.4. The fraction of sp³-hybridized carbons (Fsp3) is 0.0682. The molecular formula is C88H63BN4. The monoisotopic (exact) mass is 1190 g/mol. The average molecular weight is 1190 g/mol. The number of aryl methyl sites for hydroxylation is 6. The number of hydrogen-bond donors (Lipinski definition) is 0. The minimum atomic E-state index is -0.0985. The highest BCUT2D eigenvalue weighted by Gasteiger charge is 2.31. The zero-order valence-electron chi connectivity index (χ0n) is 52.8. The summed E-state index contributed by atoms with van der Waals surface area (Å²) < 4.78 is 10.2. The molecule has 0 aliphatic rings. The van der Waals surface area contributed by atoms with Crippen molar-refractivity contribution >= 4 is 153 Å². The summed E-state index contributed by atoms with van der Waals surface area (Å²) in [6, 6.07) is 104.